The molecule has 2 atom stereocenters. The molecule has 1 aliphatic heterocycles. The van der Waals surface area contributed by atoms with Gasteiger partial charge in [0.15, 0.2) is 0 Å². The third-order valence-corrected chi connectivity index (χ3v) is 6.24. The number of benzene rings is 3. The van der Waals surface area contributed by atoms with E-state index in [1.54, 1.807) is 6.07 Å². The van der Waals surface area contributed by atoms with E-state index in [9.17, 15) is 14.4 Å². The van der Waals surface area contributed by atoms with Crippen LogP contribution in [0.5, 0.6) is 0 Å². The Morgan fingerprint density at radius 2 is 1.65 bits per heavy atom. The van der Waals surface area contributed by atoms with Crippen LogP contribution in [0.2, 0.25) is 0 Å². The highest BCUT2D eigenvalue weighted by Gasteiger charge is 2.37. The molecule has 0 saturated heterocycles. The molecule has 7 heteroatoms. The largest absolute Gasteiger partial charge is 0.350 e. The van der Waals surface area contributed by atoms with Gasteiger partial charge in [-0.3, -0.25) is 9.59 Å². The Labute approximate surface area is 218 Å². The summed E-state index contributed by atoms with van der Waals surface area (Å²) in [7, 11) is 0. The standard InChI is InChI=1S/C30H34N4O3/c1-20-11-10-14-22(17-20)31-29(37)32-25-18-24(21-12-6-5-7-13-21)23-15-8-9-16-26(23)34(28(25)36)19-27(35)33-30(2,3)4/h5-17,24-25H,18-19H2,1-4H3,(H,33,35)(H2,31,32,37). The van der Waals surface area contributed by atoms with Crippen LogP contribution in [-0.2, 0) is 9.59 Å². The minimum atomic E-state index is -0.843. The number of para-hydroxylation sites is 1. The van der Waals surface area contributed by atoms with Gasteiger partial charge in [0.1, 0.15) is 12.6 Å². The fourth-order valence-electron chi connectivity index (χ4n) is 4.73. The topological polar surface area (TPSA) is 90.5 Å². The van der Waals surface area contributed by atoms with Gasteiger partial charge < -0.3 is 20.9 Å². The maximum absolute atomic E-state index is 13.9. The van der Waals surface area contributed by atoms with Crippen LogP contribution in [0, 0.1) is 6.92 Å². The summed E-state index contributed by atoms with van der Waals surface area (Å²) in [6.07, 6.45) is 0.360. The molecule has 7 nitrogen and oxygen atoms in total. The van der Waals surface area contributed by atoms with Gasteiger partial charge in [-0.05, 0) is 69.0 Å². The second-order valence-corrected chi connectivity index (χ2v) is 10.5. The molecule has 1 aliphatic rings. The molecule has 37 heavy (non-hydrogen) atoms. The number of urea groups is 1. The molecule has 192 valence electrons. The lowest BCUT2D eigenvalue weighted by atomic mass is 9.86. The van der Waals surface area contributed by atoms with Crippen LogP contribution in [0.3, 0.4) is 0 Å². The zero-order chi connectivity index (χ0) is 26.6. The molecule has 3 aromatic rings. The molecule has 0 aromatic heterocycles. The fraction of sp³-hybridized carbons (Fsp3) is 0.300. The van der Waals surface area contributed by atoms with Crippen molar-refractivity contribution in [2.24, 2.45) is 0 Å². The van der Waals surface area contributed by atoms with Gasteiger partial charge in [-0.1, -0.05) is 60.7 Å². The molecule has 0 saturated carbocycles. The van der Waals surface area contributed by atoms with Gasteiger partial charge in [-0.25, -0.2) is 4.79 Å². The molecule has 4 amide bonds. The number of carbonyl (C=O) groups is 3. The first kappa shape index (κ1) is 25.9. The molecular formula is C30H34N4O3. The van der Waals surface area contributed by atoms with Crippen LogP contribution in [0.25, 0.3) is 0 Å². The summed E-state index contributed by atoms with van der Waals surface area (Å²) in [5.74, 6) is -0.743. The van der Waals surface area contributed by atoms with E-state index in [2.05, 4.69) is 16.0 Å². The number of anilines is 2. The highest BCUT2D eigenvalue weighted by molar-refractivity contribution is 6.05. The maximum atomic E-state index is 13.9. The lowest BCUT2D eigenvalue weighted by Gasteiger charge is -2.28. The second-order valence-electron chi connectivity index (χ2n) is 10.5. The Morgan fingerprint density at radius 1 is 0.946 bits per heavy atom. The summed E-state index contributed by atoms with van der Waals surface area (Å²) in [5.41, 5.74) is 3.86. The molecule has 0 fully saturated rings. The first-order chi connectivity index (χ1) is 17.6. The number of hydrogen-bond donors (Lipinski definition) is 3. The van der Waals surface area contributed by atoms with Crippen LogP contribution in [-0.4, -0.2) is 36.0 Å². The van der Waals surface area contributed by atoms with Gasteiger partial charge in [-0.15, -0.1) is 0 Å². The molecule has 4 rings (SSSR count). The lowest BCUT2D eigenvalue weighted by molar-refractivity contribution is -0.125. The molecular weight excluding hydrogens is 464 g/mol. The van der Waals surface area contributed by atoms with Crippen LogP contribution in [0.4, 0.5) is 16.2 Å². The monoisotopic (exact) mass is 498 g/mol. The fourth-order valence-corrected chi connectivity index (χ4v) is 4.73. The van der Waals surface area contributed by atoms with Crippen molar-refractivity contribution >= 4 is 29.2 Å². The molecule has 3 N–H and O–H groups in total. The van der Waals surface area contributed by atoms with E-state index in [0.29, 0.717) is 17.8 Å². The van der Waals surface area contributed by atoms with Crippen molar-refractivity contribution < 1.29 is 14.4 Å². The van der Waals surface area contributed by atoms with E-state index in [1.165, 1.54) is 4.90 Å². The van der Waals surface area contributed by atoms with Gasteiger partial charge in [0.2, 0.25) is 11.8 Å². The number of fused-ring (bicyclic) bond motifs is 1. The minimum absolute atomic E-state index is 0.147. The number of aryl methyl sites for hydroxylation is 1. The van der Waals surface area contributed by atoms with E-state index >= 15 is 0 Å². The molecule has 0 spiro atoms. The average molecular weight is 499 g/mol. The van der Waals surface area contributed by atoms with Gasteiger partial charge >= 0.3 is 6.03 Å². The minimum Gasteiger partial charge on any atom is -0.350 e. The average Bonchev–Trinajstić information content (AvgIpc) is 2.94. The van der Waals surface area contributed by atoms with Gasteiger partial charge in [0, 0.05) is 22.8 Å². The van der Waals surface area contributed by atoms with Crippen molar-refractivity contribution in [3.05, 3.63) is 95.6 Å². The Morgan fingerprint density at radius 3 is 2.35 bits per heavy atom. The van der Waals surface area contributed by atoms with Crippen LogP contribution >= 0.6 is 0 Å². The first-order valence-electron chi connectivity index (χ1n) is 12.5. The van der Waals surface area contributed by atoms with Gasteiger partial charge in [-0.2, -0.15) is 0 Å². The van der Waals surface area contributed by atoms with Crippen molar-refractivity contribution in [2.45, 2.75) is 51.6 Å². The third-order valence-electron chi connectivity index (χ3n) is 6.24. The number of nitrogens with zero attached hydrogens (tertiary/aromatic N) is 1. The quantitative estimate of drug-likeness (QED) is 0.464. The van der Waals surface area contributed by atoms with Crippen LogP contribution in [0.1, 0.15) is 49.8 Å². The smallest absolute Gasteiger partial charge is 0.319 e. The summed E-state index contributed by atoms with van der Waals surface area (Å²) in [4.78, 5) is 41.4. The summed E-state index contributed by atoms with van der Waals surface area (Å²) in [6, 6.07) is 23.7. The molecule has 0 aliphatic carbocycles. The second kappa shape index (κ2) is 10.9. The molecule has 0 radical (unpaired) electrons. The third kappa shape index (κ3) is 6.55. The molecule has 3 aromatic carbocycles. The Balaban J connectivity index is 1.69. The molecule has 0 bridgehead atoms. The van der Waals surface area contributed by atoms with Crippen molar-refractivity contribution in [3.63, 3.8) is 0 Å². The summed E-state index contributed by atoms with van der Waals surface area (Å²) in [6.45, 7) is 7.49. The van der Waals surface area contributed by atoms with Crippen molar-refractivity contribution in [2.75, 3.05) is 16.8 Å². The van der Waals surface area contributed by atoms with Crippen molar-refractivity contribution in [1.29, 1.82) is 0 Å². The number of amides is 4. The van der Waals surface area contributed by atoms with Gasteiger partial charge in [0.25, 0.3) is 0 Å². The predicted molar refractivity (Wildman–Crippen MR) is 147 cm³/mol. The number of carbonyl (C=O) groups excluding carboxylic acids is 3. The van der Waals surface area contributed by atoms with Crippen molar-refractivity contribution in [3.8, 4) is 0 Å². The highest BCUT2D eigenvalue weighted by Crippen LogP contribution is 2.39. The first-order valence-corrected chi connectivity index (χ1v) is 12.5. The van der Waals surface area contributed by atoms with Crippen LogP contribution in [0.15, 0.2) is 78.9 Å². The molecule has 1 heterocycles. The Hall–Kier alpha value is -4.13. The predicted octanol–water partition coefficient (Wildman–Crippen LogP) is 4.97. The normalized spacial score (nSPS) is 17.4. The van der Waals surface area contributed by atoms with E-state index in [4.69, 9.17) is 0 Å². The zero-order valence-electron chi connectivity index (χ0n) is 21.7. The number of nitrogens with one attached hydrogen (secondary N) is 3. The molecule has 2 unspecified atom stereocenters. The lowest BCUT2D eigenvalue weighted by Crippen LogP contribution is -2.53. The SMILES string of the molecule is Cc1cccc(NC(=O)NC2CC(c3ccccc3)c3ccccc3N(CC(=O)NC(C)(C)C)C2=O)c1. The Bertz CT molecular complexity index is 1280. The summed E-state index contributed by atoms with van der Waals surface area (Å²) < 4.78 is 0. The van der Waals surface area contributed by atoms with E-state index in [1.807, 2.05) is 100 Å². The number of hydrogen-bond acceptors (Lipinski definition) is 3. The van der Waals surface area contributed by atoms with Gasteiger partial charge in [0.05, 0.1) is 0 Å². The zero-order valence-corrected chi connectivity index (χ0v) is 21.7. The summed E-state index contributed by atoms with van der Waals surface area (Å²) in [5, 5.41) is 8.67. The van der Waals surface area contributed by atoms with E-state index in [-0.39, 0.29) is 24.3 Å². The van der Waals surface area contributed by atoms with E-state index in [0.717, 1.165) is 16.7 Å². The highest BCUT2D eigenvalue weighted by atomic mass is 16.2. The Kier molecular flexibility index (Phi) is 7.62. The number of rotatable bonds is 5. The van der Waals surface area contributed by atoms with Crippen LogP contribution < -0.4 is 20.9 Å². The van der Waals surface area contributed by atoms with Crippen molar-refractivity contribution in [1.82, 2.24) is 10.6 Å². The maximum Gasteiger partial charge on any atom is 0.319 e. The summed E-state index contributed by atoms with van der Waals surface area (Å²) >= 11 is 0. The van der Waals surface area contributed by atoms with E-state index < -0.39 is 17.6 Å².